The molecule has 0 spiro atoms. The molecular weight excluding hydrogens is 299 g/mol. The van der Waals surface area contributed by atoms with Crippen molar-refractivity contribution >= 4 is 11.8 Å². The van der Waals surface area contributed by atoms with Crippen molar-refractivity contribution in [1.82, 2.24) is 9.97 Å². The van der Waals surface area contributed by atoms with Crippen LogP contribution in [0.5, 0.6) is 0 Å². The zero-order chi connectivity index (χ0) is 15.6. The minimum atomic E-state index is -4.37. The van der Waals surface area contributed by atoms with Crippen LogP contribution in [0.3, 0.4) is 0 Å². The molecule has 21 heavy (non-hydrogen) atoms. The predicted octanol–water partition coefficient (Wildman–Crippen LogP) is 3.72. The van der Waals surface area contributed by atoms with E-state index in [4.69, 9.17) is 5.73 Å². The molecule has 0 fully saturated rings. The molecule has 0 bridgehead atoms. The maximum absolute atomic E-state index is 12.7. The van der Waals surface area contributed by atoms with Crippen LogP contribution in [0.1, 0.15) is 22.5 Å². The number of alkyl halides is 3. The fraction of sp³-hybridized carbons (Fsp3) is 0.286. The first-order chi connectivity index (χ1) is 9.79. The average molecular weight is 313 g/mol. The van der Waals surface area contributed by atoms with Gasteiger partial charge in [0.25, 0.3) is 0 Å². The highest BCUT2D eigenvalue weighted by atomic mass is 32.2. The van der Waals surface area contributed by atoms with Crippen molar-refractivity contribution < 1.29 is 13.2 Å². The fourth-order valence-electron chi connectivity index (χ4n) is 1.85. The van der Waals surface area contributed by atoms with Gasteiger partial charge in [-0.3, -0.25) is 0 Å². The van der Waals surface area contributed by atoms with Crippen LogP contribution < -0.4 is 5.73 Å². The monoisotopic (exact) mass is 313 g/mol. The smallest absolute Gasteiger partial charge is 0.326 e. The molecule has 1 aromatic heterocycles. The SMILES string of the molecule is Cc1cc(C)nc(Sc2ccc(C(F)(F)F)cc2CN)n1. The number of nitrogens with two attached hydrogens (primary N) is 1. The van der Waals surface area contributed by atoms with Gasteiger partial charge in [-0.05, 0) is 55.4 Å². The predicted molar refractivity (Wildman–Crippen MR) is 75.0 cm³/mol. The minimum Gasteiger partial charge on any atom is -0.326 e. The quantitative estimate of drug-likeness (QED) is 0.877. The number of aromatic nitrogens is 2. The molecule has 0 aliphatic carbocycles. The molecule has 0 amide bonds. The molecule has 3 nitrogen and oxygen atoms in total. The van der Waals surface area contributed by atoms with E-state index in [2.05, 4.69) is 9.97 Å². The van der Waals surface area contributed by atoms with Crippen molar-refractivity contribution in [2.75, 3.05) is 0 Å². The molecule has 112 valence electrons. The van der Waals surface area contributed by atoms with Crippen LogP contribution in [-0.4, -0.2) is 9.97 Å². The molecule has 1 aromatic carbocycles. The van der Waals surface area contributed by atoms with Gasteiger partial charge < -0.3 is 5.73 Å². The minimum absolute atomic E-state index is 0.0249. The lowest BCUT2D eigenvalue weighted by Gasteiger charge is -2.12. The van der Waals surface area contributed by atoms with Crippen LogP contribution in [0.2, 0.25) is 0 Å². The summed E-state index contributed by atoms with van der Waals surface area (Å²) in [5, 5.41) is 0.502. The Balaban J connectivity index is 2.36. The summed E-state index contributed by atoms with van der Waals surface area (Å²) >= 11 is 1.22. The summed E-state index contributed by atoms with van der Waals surface area (Å²) in [6, 6.07) is 5.37. The van der Waals surface area contributed by atoms with E-state index in [9.17, 15) is 13.2 Å². The molecule has 2 N–H and O–H groups in total. The molecule has 2 aromatic rings. The van der Waals surface area contributed by atoms with Gasteiger partial charge in [0.15, 0.2) is 5.16 Å². The Hall–Kier alpha value is -1.60. The second kappa shape index (κ2) is 6.03. The van der Waals surface area contributed by atoms with Crippen LogP contribution in [0.4, 0.5) is 13.2 Å². The third-order valence-electron chi connectivity index (χ3n) is 2.77. The van der Waals surface area contributed by atoms with Crippen LogP contribution >= 0.6 is 11.8 Å². The Labute approximate surface area is 124 Å². The van der Waals surface area contributed by atoms with Crippen molar-refractivity contribution in [3.05, 3.63) is 46.8 Å². The lowest BCUT2D eigenvalue weighted by molar-refractivity contribution is -0.137. The summed E-state index contributed by atoms with van der Waals surface area (Å²) in [7, 11) is 0. The third-order valence-corrected chi connectivity index (χ3v) is 3.75. The summed E-state index contributed by atoms with van der Waals surface area (Å²) in [5.74, 6) is 0. The van der Waals surface area contributed by atoms with Gasteiger partial charge in [-0.15, -0.1) is 0 Å². The molecular formula is C14H14F3N3S. The van der Waals surface area contributed by atoms with Crippen molar-refractivity contribution in [2.24, 2.45) is 5.73 Å². The molecule has 0 unspecified atom stereocenters. The van der Waals surface area contributed by atoms with E-state index in [1.807, 2.05) is 19.9 Å². The van der Waals surface area contributed by atoms with Crippen molar-refractivity contribution in [3.8, 4) is 0 Å². The van der Waals surface area contributed by atoms with Crippen molar-refractivity contribution in [2.45, 2.75) is 36.6 Å². The standard InChI is InChI=1S/C14H14F3N3S/c1-8-5-9(2)20-13(19-8)21-12-4-3-11(14(15,16)17)6-10(12)7-18/h3-6H,7,18H2,1-2H3. The van der Waals surface area contributed by atoms with Gasteiger partial charge in [-0.25, -0.2) is 9.97 Å². The number of benzene rings is 1. The number of hydrogen-bond acceptors (Lipinski definition) is 4. The van der Waals surface area contributed by atoms with Gasteiger partial charge in [-0.1, -0.05) is 0 Å². The Morgan fingerprint density at radius 2 is 1.71 bits per heavy atom. The van der Waals surface area contributed by atoms with Crippen LogP contribution in [0, 0.1) is 13.8 Å². The molecule has 2 rings (SSSR count). The second-order valence-electron chi connectivity index (χ2n) is 4.56. The summed E-state index contributed by atoms with van der Waals surface area (Å²) in [6.45, 7) is 3.71. The first-order valence-electron chi connectivity index (χ1n) is 6.20. The summed E-state index contributed by atoms with van der Waals surface area (Å²) < 4.78 is 38.1. The third kappa shape index (κ3) is 3.95. The molecule has 0 saturated carbocycles. The molecule has 0 aliphatic heterocycles. The van der Waals surface area contributed by atoms with Crippen LogP contribution in [0.25, 0.3) is 0 Å². The normalized spacial score (nSPS) is 11.7. The number of halogens is 3. The van der Waals surface area contributed by atoms with E-state index < -0.39 is 11.7 Å². The molecule has 0 radical (unpaired) electrons. The highest BCUT2D eigenvalue weighted by Crippen LogP contribution is 2.34. The summed E-state index contributed by atoms with van der Waals surface area (Å²) in [5.41, 5.74) is 6.91. The fourth-order valence-corrected chi connectivity index (χ4v) is 2.84. The second-order valence-corrected chi connectivity index (χ2v) is 5.57. The topological polar surface area (TPSA) is 51.8 Å². The van der Waals surface area contributed by atoms with Crippen LogP contribution in [0.15, 0.2) is 34.3 Å². The summed E-state index contributed by atoms with van der Waals surface area (Å²) in [6.07, 6.45) is -4.37. The Kier molecular flexibility index (Phi) is 4.53. The van der Waals surface area contributed by atoms with Gasteiger partial charge in [0.1, 0.15) is 0 Å². The molecule has 0 saturated heterocycles. The number of hydrogen-bond donors (Lipinski definition) is 1. The highest BCUT2D eigenvalue weighted by Gasteiger charge is 2.30. The lowest BCUT2D eigenvalue weighted by Crippen LogP contribution is -2.08. The van der Waals surface area contributed by atoms with E-state index in [1.165, 1.54) is 17.8 Å². The van der Waals surface area contributed by atoms with Crippen LogP contribution in [-0.2, 0) is 12.7 Å². The maximum Gasteiger partial charge on any atom is 0.416 e. The number of aryl methyl sites for hydroxylation is 2. The van der Waals surface area contributed by atoms with Gasteiger partial charge >= 0.3 is 6.18 Å². The largest absolute Gasteiger partial charge is 0.416 e. The van der Waals surface area contributed by atoms with Gasteiger partial charge in [0, 0.05) is 22.8 Å². The molecule has 1 heterocycles. The number of rotatable bonds is 3. The van der Waals surface area contributed by atoms with Crippen molar-refractivity contribution in [3.63, 3.8) is 0 Å². The Bertz CT molecular complexity index is 636. The maximum atomic E-state index is 12.7. The first-order valence-corrected chi connectivity index (χ1v) is 7.01. The van der Waals surface area contributed by atoms with E-state index in [0.717, 1.165) is 23.5 Å². The van der Waals surface area contributed by atoms with E-state index >= 15 is 0 Å². The Morgan fingerprint density at radius 3 is 2.24 bits per heavy atom. The molecule has 7 heteroatoms. The number of nitrogens with zero attached hydrogens (tertiary/aromatic N) is 2. The summed E-state index contributed by atoms with van der Waals surface area (Å²) in [4.78, 5) is 9.16. The highest BCUT2D eigenvalue weighted by molar-refractivity contribution is 7.99. The first kappa shape index (κ1) is 15.8. The van der Waals surface area contributed by atoms with Crippen molar-refractivity contribution in [1.29, 1.82) is 0 Å². The molecule has 0 aliphatic rings. The zero-order valence-corrected chi connectivity index (χ0v) is 12.3. The Morgan fingerprint density at radius 1 is 1.10 bits per heavy atom. The van der Waals surface area contributed by atoms with Gasteiger partial charge in [0.05, 0.1) is 5.56 Å². The zero-order valence-electron chi connectivity index (χ0n) is 11.5. The average Bonchev–Trinajstić information content (AvgIpc) is 2.36. The van der Waals surface area contributed by atoms with Gasteiger partial charge in [-0.2, -0.15) is 13.2 Å². The lowest BCUT2D eigenvalue weighted by atomic mass is 10.1. The van der Waals surface area contributed by atoms with E-state index in [0.29, 0.717) is 15.6 Å². The van der Waals surface area contributed by atoms with E-state index in [1.54, 1.807) is 0 Å². The molecule has 0 atom stereocenters. The van der Waals surface area contributed by atoms with E-state index in [-0.39, 0.29) is 6.54 Å². The van der Waals surface area contributed by atoms with Gasteiger partial charge in [0.2, 0.25) is 0 Å².